The minimum Gasteiger partial charge on any atom is -0.489 e. The number of benzene rings is 4. The Balaban J connectivity index is 1.30. The number of para-hydroxylation sites is 2. The second-order valence-corrected chi connectivity index (χ2v) is 12.4. The molecular formula is C40H42N2O5. The van der Waals surface area contributed by atoms with Crippen molar-refractivity contribution in [1.82, 2.24) is 10.3 Å². The number of amides is 1. The van der Waals surface area contributed by atoms with Gasteiger partial charge in [0.15, 0.2) is 0 Å². The highest BCUT2D eigenvalue weighted by Crippen LogP contribution is 2.37. The molecule has 3 atom stereocenters. The van der Waals surface area contributed by atoms with Gasteiger partial charge in [0.2, 0.25) is 5.91 Å². The maximum absolute atomic E-state index is 14.5. The van der Waals surface area contributed by atoms with E-state index in [0.717, 1.165) is 59.7 Å². The molecule has 5 aromatic rings. The van der Waals surface area contributed by atoms with Crippen LogP contribution in [0.2, 0.25) is 0 Å². The van der Waals surface area contributed by atoms with Crippen molar-refractivity contribution >= 4 is 22.8 Å². The van der Waals surface area contributed by atoms with Crippen molar-refractivity contribution in [2.24, 2.45) is 5.92 Å². The standard InChI is InChI=1S/C40H42N2O5/c43-38(30-18-8-3-9-19-30)37(33-21-11-13-23-36(33)46-26-28-14-4-1-5-15-28)39(44)42-35(40(45)47-27-29-16-6-2-7-17-29)24-31-25-41-34-22-12-10-20-32(31)34/h1-2,4-7,10-17,20-23,25,30,35,37-38,41,43H,3,8-9,18-19,24,26-27H2,(H,42,44)/t35-,37?,38?/m0/s1. The Hall–Kier alpha value is -4.88. The molecule has 4 aromatic carbocycles. The lowest BCUT2D eigenvalue weighted by Crippen LogP contribution is -2.48. The summed E-state index contributed by atoms with van der Waals surface area (Å²) in [6, 6.07) is 33.6. The van der Waals surface area contributed by atoms with Crippen LogP contribution in [0.3, 0.4) is 0 Å². The SMILES string of the molecule is O=C(N[C@@H](Cc1c[nH]c2ccccc12)C(=O)OCc1ccccc1)C(c1ccccc1OCc1ccccc1)C(O)C1CCCCC1. The summed E-state index contributed by atoms with van der Waals surface area (Å²) in [6.07, 6.45) is 5.97. The molecule has 0 spiro atoms. The van der Waals surface area contributed by atoms with Crippen molar-refractivity contribution in [3.05, 3.63) is 138 Å². The van der Waals surface area contributed by atoms with Gasteiger partial charge in [-0.05, 0) is 47.6 Å². The van der Waals surface area contributed by atoms with Crippen LogP contribution < -0.4 is 10.1 Å². The predicted molar refractivity (Wildman–Crippen MR) is 183 cm³/mol. The van der Waals surface area contributed by atoms with Crippen molar-refractivity contribution in [3.8, 4) is 5.75 Å². The van der Waals surface area contributed by atoms with Gasteiger partial charge >= 0.3 is 5.97 Å². The van der Waals surface area contributed by atoms with E-state index in [0.29, 0.717) is 17.9 Å². The Morgan fingerprint density at radius 1 is 0.787 bits per heavy atom. The van der Waals surface area contributed by atoms with Crippen LogP contribution in [0, 0.1) is 5.92 Å². The summed E-state index contributed by atoms with van der Waals surface area (Å²) in [5.41, 5.74) is 4.28. The van der Waals surface area contributed by atoms with E-state index in [-0.39, 0.29) is 18.9 Å². The quantitative estimate of drug-likeness (QED) is 0.119. The van der Waals surface area contributed by atoms with Crippen molar-refractivity contribution in [1.29, 1.82) is 0 Å². The summed E-state index contributed by atoms with van der Waals surface area (Å²) < 4.78 is 12.1. The molecule has 7 heteroatoms. The first-order valence-corrected chi connectivity index (χ1v) is 16.6. The first-order chi connectivity index (χ1) is 23.1. The van der Waals surface area contributed by atoms with E-state index in [1.165, 1.54) is 0 Å². The fraction of sp³-hybridized carbons (Fsp3) is 0.300. The van der Waals surface area contributed by atoms with Gasteiger partial charge in [-0.2, -0.15) is 0 Å². The summed E-state index contributed by atoms with van der Waals surface area (Å²) in [5.74, 6) is -1.42. The second kappa shape index (κ2) is 15.6. The first-order valence-electron chi connectivity index (χ1n) is 16.6. The Labute approximate surface area is 275 Å². The summed E-state index contributed by atoms with van der Waals surface area (Å²) in [7, 11) is 0. The van der Waals surface area contributed by atoms with Gasteiger partial charge in [0, 0.05) is 29.1 Å². The number of aliphatic hydroxyl groups is 1. The first kappa shape index (κ1) is 32.1. The number of aliphatic hydroxyl groups excluding tert-OH is 1. The normalized spacial score (nSPS) is 15.4. The third kappa shape index (κ3) is 8.10. The molecule has 1 saturated carbocycles. The highest BCUT2D eigenvalue weighted by Gasteiger charge is 2.38. The van der Waals surface area contributed by atoms with Crippen LogP contribution in [0.4, 0.5) is 0 Å². The lowest BCUT2D eigenvalue weighted by Gasteiger charge is -2.33. The number of carbonyl (C=O) groups is 2. The fourth-order valence-electron chi connectivity index (χ4n) is 6.64. The molecule has 1 fully saturated rings. The lowest BCUT2D eigenvalue weighted by molar-refractivity contribution is -0.149. The average molecular weight is 631 g/mol. The third-order valence-electron chi connectivity index (χ3n) is 9.17. The minimum atomic E-state index is -0.983. The van der Waals surface area contributed by atoms with E-state index in [4.69, 9.17) is 9.47 Å². The highest BCUT2D eigenvalue weighted by molar-refractivity contribution is 5.91. The van der Waals surface area contributed by atoms with E-state index in [2.05, 4.69) is 10.3 Å². The van der Waals surface area contributed by atoms with Crippen LogP contribution in [-0.2, 0) is 34.0 Å². The van der Waals surface area contributed by atoms with Crippen LogP contribution in [-0.4, -0.2) is 34.1 Å². The minimum absolute atomic E-state index is 0.0428. The molecule has 3 N–H and O–H groups in total. The highest BCUT2D eigenvalue weighted by atomic mass is 16.5. The zero-order chi connectivity index (χ0) is 32.4. The van der Waals surface area contributed by atoms with Crippen LogP contribution in [0.5, 0.6) is 5.75 Å². The number of hydrogen-bond acceptors (Lipinski definition) is 5. The van der Waals surface area contributed by atoms with Gasteiger partial charge < -0.3 is 24.9 Å². The smallest absolute Gasteiger partial charge is 0.329 e. The number of ether oxygens (including phenoxy) is 2. The van der Waals surface area contributed by atoms with Crippen molar-refractivity contribution in [2.75, 3.05) is 0 Å². The maximum atomic E-state index is 14.5. The molecule has 0 aliphatic heterocycles. The zero-order valence-electron chi connectivity index (χ0n) is 26.5. The Morgan fingerprint density at radius 2 is 1.43 bits per heavy atom. The van der Waals surface area contributed by atoms with Gasteiger partial charge in [-0.3, -0.25) is 4.79 Å². The summed E-state index contributed by atoms with van der Waals surface area (Å²) >= 11 is 0. The Bertz CT molecular complexity index is 1750. The predicted octanol–water partition coefficient (Wildman–Crippen LogP) is 7.24. The van der Waals surface area contributed by atoms with Gasteiger partial charge in [-0.15, -0.1) is 0 Å². The van der Waals surface area contributed by atoms with Crippen molar-refractivity contribution in [3.63, 3.8) is 0 Å². The van der Waals surface area contributed by atoms with E-state index in [1.54, 1.807) is 0 Å². The van der Waals surface area contributed by atoms with Crippen molar-refractivity contribution < 1.29 is 24.2 Å². The molecule has 0 bridgehead atoms. The molecule has 242 valence electrons. The summed E-state index contributed by atoms with van der Waals surface area (Å²) in [6.45, 7) is 0.408. The number of aromatic nitrogens is 1. The second-order valence-electron chi connectivity index (χ2n) is 12.4. The number of H-pyrrole nitrogens is 1. The number of carbonyl (C=O) groups excluding carboxylic acids is 2. The fourth-order valence-corrected chi connectivity index (χ4v) is 6.64. The van der Waals surface area contributed by atoms with Gasteiger partial charge in [0.05, 0.1) is 12.0 Å². The Kier molecular flexibility index (Phi) is 10.7. The molecule has 1 aromatic heterocycles. The molecule has 6 rings (SSSR count). The molecule has 1 heterocycles. The monoisotopic (exact) mass is 630 g/mol. The number of nitrogens with one attached hydrogen (secondary N) is 2. The van der Waals surface area contributed by atoms with Crippen molar-refractivity contribution in [2.45, 2.75) is 69.8 Å². The van der Waals surface area contributed by atoms with Gasteiger partial charge in [-0.25, -0.2) is 4.79 Å². The van der Waals surface area contributed by atoms with E-state index in [1.807, 2.05) is 115 Å². The van der Waals surface area contributed by atoms with Gasteiger partial charge in [0.1, 0.15) is 25.0 Å². The van der Waals surface area contributed by atoms with Crippen LogP contribution in [0.15, 0.2) is 115 Å². The number of rotatable bonds is 13. The number of aromatic amines is 1. The molecule has 47 heavy (non-hydrogen) atoms. The summed E-state index contributed by atoms with van der Waals surface area (Å²) in [4.78, 5) is 31.5. The molecule has 7 nitrogen and oxygen atoms in total. The number of hydrogen-bond donors (Lipinski definition) is 3. The van der Waals surface area contributed by atoms with Gasteiger partial charge in [0.25, 0.3) is 0 Å². The molecule has 0 saturated heterocycles. The summed E-state index contributed by atoms with van der Waals surface area (Å²) in [5, 5.41) is 15.9. The zero-order valence-corrected chi connectivity index (χ0v) is 26.5. The van der Waals surface area contributed by atoms with Crippen LogP contribution >= 0.6 is 0 Å². The Morgan fingerprint density at radius 3 is 2.17 bits per heavy atom. The number of fused-ring (bicyclic) bond motifs is 1. The lowest BCUT2D eigenvalue weighted by atomic mass is 9.77. The van der Waals surface area contributed by atoms with Crippen LogP contribution in [0.25, 0.3) is 10.9 Å². The van der Waals surface area contributed by atoms with Crippen LogP contribution in [0.1, 0.15) is 60.3 Å². The largest absolute Gasteiger partial charge is 0.489 e. The topological polar surface area (TPSA) is 101 Å². The molecule has 1 amide bonds. The molecule has 2 unspecified atom stereocenters. The van der Waals surface area contributed by atoms with Gasteiger partial charge in [-0.1, -0.05) is 116 Å². The molecule has 1 aliphatic rings. The van der Waals surface area contributed by atoms with E-state index in [9.17, 15) is 14.7 Å². The maximum Gasteiger partial charge on any atom is 0.329 e. The van der Waals surface area contributed by atoms with E-state index < -0.39 is 29.9 Å². The number of esters is 1. The average Bonchev–Trinajstić information content (AvgIpc) is 3.54. The molecule has 0 radical (unpaired) electrons. The third-order valence-corrected chi connectivity index (χ3v) is 9.17. The molecule has 1 aliphatic carbocycles. The van der Waals surface area contributed by atoms with E-state index >= 15 is 0 Å². The molecular weight excluding hydrogens is 588 g/mol.